The van der Waals surface area contributed by atoms with Gasteiger partial charge >= 0.3 is 0 Å². The minimum absolute atomic E-state index is 0.106. The van der Waals surface area contributed by atoms with Crippen molar-refractivity contribution in [3.05, 3.63) is 29.3 Å². The lowest BCUT2D eigenvalue weighted by molar-refractivity contribution is -0.135. The van der Waals surface area contributed by atoms with E-state index in [2.05, 4.69) is 59.7 Å². The Hall–Kier alpha value is -1.02. The van der Waals surface area contributed by atoms with Gasteiger partial charge in [-0.05, 0) is 23.0 Å². The summed E-state index contributed by atoms with van der Waals surface area (Å²) in [7, 11) is 0. The summed E-state index contributed by atoms with van der Waals surface area (Å²) in [5.74, 6) is 1.93. The molecule has 1 aromatic carbocycles. The topological polar surface area (TPSA) is 29.5 Å². The Balaban J connectivity index is 2.34. The van der Waals surface area contributed by atoms with Crippen molar-refractivity contribution in [1.29, 1.82) is 0 Å². The Morgan fingerprint density at radius 2 is 1.60 bits per heavy atom. The average Bonchev–Trinajstić information content (AvgIpc) is 2.37. The van der Waals surface area contributed by atoms with Crippen molar-refractivity contribution in [1.82, 2.24) is 0 Å². The second-order valence-corrected chi connectivity index (χ2v) is 7.25. The number of rotatable bonds is 4. The number of benzene rings is 1. The molecule has 0 radical (unpaired) electrons. The summed E-state index contributed by atoms with van der Waals surface area (Å²) in [5.41, 5.74) is 2.39. The molecule has 1 aromatic rings. The fourth-order valence-corrected chi connectivity index (χ4v) is 2.83. The average molecular weight is 276 g/mol. The fourth-order valence-electron chi connectivity index (χ4n) is 2.83. The van der Waals surface area contributed by atoms with Gasteiger partial charge in [0.15, 0.2) is 0 Å². The molecule has 1 N–H and O–H groups in total. The van der Waals surface area contributed by atoms with Gasteiger partial charge in [-0.2, -0.15) is 0 Å². The molecule has 2 nitrogen and oxygen atoms in total. The maximum atomic E-state index is 9.90. The first-order chi connectivity index (χ1) is 9.25. The molecule has 0 aliphatic heterocycles. The summed E-state index contributed by atoms with van der Waals surface area (Å²) in [6, 6.07) is 6.44. The van der Waals surface area contributed by atoms with Crippen molar-refractivity contribution in [3.8, 4) is 5.75 Å². The normalized spacial score (nSPS) is 24.9. The Labute approximate surface area is 123 Å². The van der Waals surface area contributed by atoms with Crippen LogP contribution in [0.2, 0.25) is 0 Å². The lowest BCUT2D eigenvalue weighted by atomic mass is 9.66. The number of para-hydroxylation sites is 1. The van der Waals surface area contributed by atoms with Crippen molar-refractivity contribution in [2.45, 2.75) is 72.0 Å². The van der Waals surface area contributed by atoms with E-state index in [4.69, 9.17) is 4.74 Å². The maximum Gasteiger partial charge on any atom is 0.126 e. The summed E-state index contributed by atoms with van der Waals surface area (Å²) >= 11 is 0. The summed E-state index contributed by atoms with van der Waals surface area (Å²) < 4.78 is 6.36. The number of hydrogen-bond acceptors (Lipinski definition) is 2. The summed E-state index contributed by atoms with van der Waals surface area (Å²) in [4.78, 5) is 0. The minimum atomic E-state index is -0.249. The first-order valence-corrected chi connectivity index (χ1v) is 7.72. The second-order valence-electron chi connectivity index (χ2n) is 7.25. The van der Waals surface area contributed by atoms with Gasteiger partial charge in [0.2, 0.25) is 0 Å². The molecule has 0 amide bonds. The van der Waals surface area contributed by atoms with Gasteiger partial charge in [-0.25, -0.2) is 0 Å². The highest BCUT2D eigenvalue weighted by atomic mass is 16.5. The van der Waals surface area contributed by atoms with E-state index in [-0.39, 0.29) is 17.6 Å². The maximum absolute atomic E-state index is 9.90. The van der Waals surface area contributed by atoms with E-state index in [1.165, 1.54) is 11.1 Å². The Bertz CT molecular complexity index is 448. The zero-order valence-electron chi connectivity index (χ0n) is 13.6. The van der Waals surface area contributed by atoms with Gasteiger partial charge < -0.3 is 9.84 Å². The van der Waals surface area contributed by atoms with Gasteiger partial charge in [0.1, 0.15) is 11.9 Å². The molecule has 112 valence electrons. The van der Waals surface area contributed by atoms with E-state index >= 15 is 0 Å². The summed E-state index contributed by atoms with van der Waals surface area (Å²) in [5, 5.41) is 9.90. The first kappa shape index (κ1) is 15.4. The minimum Gasteiger partial charge on any atom is -0.489 e. The lowest BCUT2D eigenvalue weighted by Crippen LogP contribution is -2.56. The Kier molecular flexibility index (Phi) is 4.15. The molecule has 1 aliphatic rings. The quantitative estimate of drug-likeness (QED) is 0.879. The van der Waals surface area contributed by atoms with Crippen molar-refractivity contribution in [3.63, 3.8) is 0 Å². The van der Waals surface area contributed by atoms with Crippen LogP contribution < -0.4 is 4.74 Å². The van der Waals surface area contributed by atoms with Crippen molar-refractivity contribution in [2.75, 3.05) is 0 Å². The second kappa shape index (κ2) is 5.40. The van der Waals surface area contributed by atoms with Gasteiger partial charge in [-0.3, -0.25) is 0 Å². The van der Waals surface area contributed by atoms with E-state index in [1.807, 2.05) is 0 Å². The van der Waals surface area contributed by atoms with Gasteiger partial charge in [-0.1, -0.05) is 59.7 Å². The Morgan fingerprint density at radius 3 is 1.95 bits per heavy atom. The van der Waals surface area contributed by atoms with Crippen LogP contribution in [0.1, 0.15) is 70.9 Å². The standard InChI is InChI=1S/C18H28O2/c1-11(2)13-8-7-9-14(12(3)4)17(13)20-16-10-15(19)18(16,5)6/h7-9,11-12,15-16,19H,10H2,1-6H3. The third-order valence-electron chi connectivity index (χ3n) is 4.71. The first-order valence-electron chi connectivity index (χ1n) is 7.72. The predicted octanol–water partition coefficient (Wildman–Crippen LogP) is 4.47. The molecule has 2 atom stereocenters. The van der Waals surface area contributed by atoms with Crippen LogP contribution in [0.4, 0.5) is 0 Å². The van der Waals surface area contributed by atoms with Crippen molar-refractivity contribution in [2.24, 2.45) is 5.41 Å². The van der Waals surface area contributed by atoms with E-state index in [1.54, 1.807) is 0 Å². The molecular formula is C18H28O2. The third-order valence-corrected chi connectivity index (χ3v) is 4.71. The van der Waals surface area contributed by atoms with Gasteiger partial charge in [0, 0.05) is 11.8 Å². The zero-order chi connectivity index (χ0) is 15.1. The van der Waals surface area contributed by atoms with Crippen LogP contribution in [0.3, 0.4) is 0 Å². The van der Waals surface area contributed by atoms with E-state index in [0.717, 1.165) is 12.2 Å². The number of aliphatic hydroxyl groups excluding tert-OH is 1. The van der Waals surface area contributed by atoms with Crippen LogP contribution in [0, 0.1) is 5.41 Å². The largest absolute Gasteiger partial charge is 0.489 e. The molecule has 20 heavy (non-hydrogen) atoms. The molecule has 0 heterocycles. The molecule has 1 aliphatic carbocycles. The molecule has 0 spiro atoms. The number of ether oxygens (including phenoxy) is 1. The van der Waals surface area contributed by atoms with Crippen molar-refractivity contribution >= 4 is 0 Å². The number of hydrogen-bond donors (Lipinski definition) is 1. The zero-order valence-corrected chi connectivity index (χ0v) is 13.6. The fraction of sp³-hybridized carbons (Fsp3) is 0.667. The van der Waals surface area contributed by atoms with Crippen LogP contribution in [0.15, 0.2) is 18.2 Å². The molecule has 2 rings (SSSR count). The third kappa shape index (κ3) is 2.58. The van der Waals surface area contributed by atoms with Crippen LogP contribution in [-0.2, 0) is 0 Å². The van der Waals surface area contributed by atoms with Gasteiger partial charge in [0.25, 0.3) is 0 Å². The van der Waals surface area contributed by atoms with E-state index in [0.29, 0.717) is 11.8 Å². The highest BCUT2D eigenvalue weighted by molar-refractivity contribution is 5.45. The molecule has 1 saturated carbocycles. The van der Waals surface area contributed by atoms with Crippen LogP contribution in [-0.4, -0.2) is 17.3 Å². The van der Waals surface area contributed by atoms with Crippen molar-refractivity contribution < 1.29 is 9.84 Å². The van der Waals surface area contributed by atoms with Crippen LogP contribution >= 0.6 is 0 Å². The smallest absolute Gasteiger partial charge is 0.126 e. The van der Waals surface area contributed by atoms with Crippen LogP contribution in [0.25, 0.3) is 0 Å². The van der Waals surface area contributed by atoms with E-state index in [9.17, 15) is 5.11 Å². The van der Waals surface area contributed by atoms with Crippen LogP contribution in [0.5, 0.6) is 5.75 Å². The molecule has 2 unspecified atom stereocenters. The lowest BCUT2D eigenvalue weighted by Gasteiger charge is -2.49. The molecule has 0 aromatic heterocycles. The van der Waals surface area contributed by atoms with E-state index < -0.39 is 0 Å². The highest BCUT2D eigenvalue weighted by Gasteiger charge is 2.49. The molecule has 2 heteroatoms. The molecular weight excluding hydrogens is 248 g/mol. The van der Waals surface area contributed by atoms with Gasteiger partial charge in [-0.15, -0.1) is 0 Å². The molecule has 0 bridgehead atoms. The molecule has 1 fully saturated rings. The predicted molar refractivity (Wildman–Crippen MR) is 83.4 cm³/mol. The SMILES string of the molecule is CC(C)c1cccc(C(C)C)c1OC1CC(O)C1(C)C. The molecule has 0 saturated heterocycles. The highest BCUT2D eigenvalue weighted by Crippen LogP contribution is 2.45. The van der Waals surface area contributed by atoms with Gasteiger partial charge in [0.05, 0.1) is 6.10 Å². The summed E-state index contributed by atoms with van der Waals surface area (Å²) in [6.45, 7) is 13.0. The Morgan fingerprint density at radius 1 is 1.10 bits per heavy atom. The number of aliphatic hydroxyl groups is 1. The summed E-state index contributed by atoms with van der Waals surface area (Å²) in [6.07, 6.45) is 0.591. The monoisotopic (exact) mass is 276 g/mol.